The Labute approximate surface area is 129 Å². The van der Waals surface area contributed by atoms with E-state index in [1.165, 1.54) is 0 Å². The number of amides is 1. The summed E-state index contributed by atoms with van der Waals surface area (Å²) in [7, 11) is 0. The fourth-order valence-corrected chi connectivity index (χ4v) is 3.35. The summed E-state index contributed by atoms with van der Waals surface area (Å²) in [6.07, 6.45) is 4.11. The fourth-order valence-electron chi connectivity index (χ4n) is 3.35. The van der Waals surface area contributed by atoms with Gasteiger partial charge in [-0.3, -0.25) is 4.79 Å². The van der Waals surface area contributed by atoms with Crippen LogP contribution in [0.4, 0.5) is 4.79 Å². The van der Waals surface area contributed by atoms with Crippen LogP contribution in [-0.4, -0.2) is 23.2 Å². The Morgan fingerprint density at radius 3 is 2.59 bits per heavy atom. The Hall–Kier alpha value is -2.04. The van der Waals surface area contributed by atoms with E-state index in [1.54, 1.807) is 0 Å². The number of nitrogens with one attached hydrogen (secondary N) is 1. The van der Waals surface area contributed by atoms with Gasteiger partial charge in [0.1, 0.15) is 6.61 Å². The first kappa shape index (κ1) is 14.9. The molecule has 2 N–H and O–H groups in total. The predicted octanol–water partition coefficient (Wildman–Crippen LogP) is 2.95. The van der Waals surface area contributed by atoms with Crippen molar-refractivity contribution >= 4 is 12.1 Å². The zero-order valence-electron chi connectivity index (χ0n) is 12.5. The van der Waals surface area contributed by atoms with Crippen molar-refractivity contribution in [2.45, 2.75) is 44.8 Å². The Morgan fingerprint density at radius 2 is 1.95 bits per heavy atom. The van der Waals surface area contributed by atoms with Crippen molar-refractivity contribution in [1.82, 2.24) is 5.32 Å². The largest absolute Gasteiger partial charge is 0.481 e. The molecule has 5 heteroatoms. The topological polar surface area (TPSA) is 75.6 Å². The SMILES string of the molecule is O=C(N[C@H]1CCC2(CC2)C[C@H]1C(=O)O)OCc1ccccc1. The van der Waals surface area contributed by atoms with Gasteiger partial charge in [-0.15, -0.1) is 0 Å². The molecule has 0 radical (unpaired) electrons. The lowest BCUT2D eigenvalue weighted by Crippen LogP contribution is -2.47. The Balaban J connectivity index is 1.52. The standard InChI is InChI=1S/C17H21NO4/c19-15(20)13-10-17(8-9-17)7-6-14(13)18-16(21)22-11-12-4-2-1-3-5-12/h1-5,13-14H,6-11H2,(H,18,21)(H,19,20)/t13-,14+/m1/s1. The molecule has 0 aromatic heterocycles. The molecule has 0 aliphatic heterocycles. The minimum absolute atomic E-state index is 0.196. The first-order chi connectivity index (χ1) is 10.6. The van der Waals surface area contributed by atoms with Crippen molar-refractivity contribution in [3.05, 3.63) is 35.9 Å². The van der Waals surface area contributed by atoms with Gasteiger partial charge in [-0.2, -0.15) is 0 Å². The zero-order valence-corrected chi connectivity index (χ0v) is 12.5. The van der Waals surface area contributed by atoms with Crippen LogP contribution in [-0.2, 0) is 16.1 Å². The highest BCUT2D eigenvalue weighted by Crippen LogP contribution is 2.57. The highest BCUT2D eigenvalue weighted by Gasteiger charge is 2.50. The van der Waals surface area contributed by atoms with E-state index in [9.17, 15) is 14.7 Å². The van der Waals surface area contributed by atoms with Gasteiger partial charge >= 0.3 is 12.1 Å². The van der Waals surface area contributed by atoms with Crippen LogP contribution in [0.1, 0.15) is 37.7 Å². The van der Waals surface area contributed by atoms with Gasteiger partial charge in [-0.25, -0.2) is 4.79 Å². The number of ether oxygens (including phenoxy) is 1. The maximum Gasteiger partial charge on any atom is 0.407 e. The third-order valence-corrected chi connectivity index (χ3v) is 4.91. The summed E-state index contributed by atoms with van der Waals surface area (Å²) >= 11 is 0. The molecule has 1 aromatic carbocycles. The van der Waals surface area contributed by atoms with Crippen LogP contribution in [0, 0.1) is 11.3 Å². The van der Waals surface area contributed by atoms with Gasteiger partial charge in [0.25, 0.3) is 0 Å². The molecule has 0 heterocycles. The summed E-state index contributed by atoms with van der Waals surface area (Å²) in [5.41, 5.74) is 1.16. The molecule has 2 saturated carbocycles. The number of carbonyl (C=O) groups is 2. The minimum Gasteiger partial charge on any atom is -0.481 e. The van der Waals surface area contributed by atoms with Crippen molar-refractivity contribution in [3.63, 3.8) is 0 Å². The lowest BCUT2D eigenvalue weighted by molar-refractivity contribution is -0.144. The van der Waals surface area contributed by atoms with E-state index in [4.69, 9.17) is 4.74 Å². The van der Waals surface area contributed by atoms with Crippen LogP contribution >= 0.6 is 0 Å². The van der Waals surface area contributed by atoms with Crippen LogP contribution in [0.25, 0.3) is 0 Å². The molecule has 22 heavy (non-hydrogen) atoms. The van der Waals surface area contributed by atoms with E-state index in [2.05, 4.69) is 5.32 Å². The van der Waals surface area contributed by atoms with E-state index in [0.717, 1.165) is 31.2 Å². The van der Waals surface area contributed by atoms with E-state index < -0.39 is 18.0 Å². The van der Waals surface area contributed by atoms with Crippen LogP contribution in [0.5, 0.6) is 0 Å². The first-order valence-corrected chi connectivity index (χ1v) is 7.78. The Kier molecular flexibility index (Phi) is 4.05. The van der Waals surface area contributed by atoms with Crippen molar-refractivity contribution in [1.29, 1.82) is 0 Å². The quantitative estimate of drug-likeness (QED) is 0.896. The summed E-state index contributed by atoms with van der Waals surface area (Å²) in [6, 6.07) is 9.10. The number of carbonyl (C=O) groups excluding carboxylic acids is 1. The number of carboxylic acids is 1. The molecule has 1 aromatic rings. The molecule has 1 spiro atoms. The first-order valence-electron chi connectivity index (χ1n) is 7.78. The summed E-state index contributed by atoms with van der Waals surface area (Å²) in [5, 5.41) is 12.1. The second-order valence-electron chi connectivity index (χ2n) is 6.50. The summed E-state index contributed by atoms with van der Waals surface area (Å²) < 4.78 is 5.18. The molecule has 118 valence electrons. The lowest BCUT2D eigenvalue weighted by atomic mass is 9.76. The lowest BCUT2D eigenvalue weighted by Gasteiger charge is -2.34. The number of aliphatic carboxylic acids is 1. The molecule has 5 nitrogen and oxygen atoms in total. The van der Waals surface area contributed by atoms with Crippen molar-refractivity contribution in [2.24, 2.45) is 11.3 Å². The fraction of sp³-hybridized carbons (Fsp3) is 0.529. The van der Waals surface area contributed by atoms with Gasteiger partial charge in [0.05, 0.1) is 5.92 Å². The van der Waals surface area contributed by atoms with E-state index in [0.29, 0.717) is 6.42 Å². The van der Waals surface area contributed by atoms with Crippen LogP contribution in [0.3, 0.4) is 0 Å². The van der Waals surface area contributed by atoms with Gasteiger partial charge in [0.15, 0.2) is 0 Å². The molecule has 0 saturated heterocycles. The van der Waals surface area contributed by atoms with Crippen molar-refractivity contribution < 1.29 is 19.4 Å². The molecular weight excluding hydrogens is 282 g/mol. The predicted molar refractivity (Wildman–Crippen MR) is 80.2 cm³/mol. The summed E-state index contributed by atoms with van der Waals surface area (Å²) in [6.45, 7) is 0.196. The van der Waals surface area contributed by atoms with E-state index in [-0.39, 0.29) is 18.1 Å². The normalized spacial score (nSPS) is 25.5. The van der Waals surface area contributed by atoms with E-state index in [1.807, 2.05) is 30.3 Å². The van der Waals surface area contributed by atoms with E-state index >= 15 is 0 Å². The maximum absolute atomic E-state index is 11.9. The third-order valence-electron chi connectivity index (χ3n) is 4.91. The highest BCUT2D eigenvalue weighted by atomic mass is 16.5. The van der Waals surface area contributed by atoms with Gasteiger partial charge in [-0.1, -0.05) is 30.3 Å². The number of benzene rings is 1. The zero-order chi connectivity index (χ0) is 15.6. The molecule has 2 aliphatic carbocycles. The number of hydrogen-bond acceptors (Lipinski definition) is 3. The number of alkyl carbamates (subject to hydrolysis) is 1. The van der Waals surface area contributed by atoms with Crippen molar-refractivity contribution in [2.75, 3.05) is 0 Å². The van der Waals surface area contributed by atoms with Gasteiger partial charge in [-0.05, 0) is 43.1 Å². The highest BCUT2D eigenvalue weighted by molar-refractivity contribution is 5.74. The molecule has 2 aliphatic rings. The minimum atomic E-state index is -0.820. The Morgan fingerprint density at radius 1 is 1.23 bits per heavy atom. The smallest absolute Gasteiger partial charge is 0.407 e. The number of rotatable bonds is 4. The van der Waals surface area contributed by atoms with Crippen molar-refractivity contribution in [3.8, 4) is 0 Å². The molecule has 0 unspecified atom stereocenters. The average Bonchev–Trinajstić information content (AvgIpc) is 3.27. The van der Waals surface area contributed by atoms with Crippen LogP contribution < -0.4 is 5.32 Å². The molecule has 1 amide bonds. The molecule has 2 atom stereocenters. The summed E-state index contributed by atoms with van der Waals surface area (Å²) in [4.78, 5) is 23.4. The second-order valence-corrected chi connectivity index (χ2v) is 6.50. The van der Waals surface area contributed by atoms with Gasteiger partial charge in [0, 0.05) is 6.04 Å². The summed E-state index contributed by atoms with van der Waals surface area (Å²) in [5.74, 6) is -1.32. The maximum atomic E-state index is 11.9. The third kappa shape index (κ3) is 3.40. The number of hydrogen-bond donors (Lipinski definition) is 2. The molecule has 2 fully saturated rings. The van der Waals surface area contributed by atoms with Gasteiger partial charge in [0.2, 0.25) is 0 Å². The number of carboxylic acid groups (broad SMARTS) is 1. The second kappa shape index (κ2) is 5.99. The molecule has 3 rings (SSSR count). The monoisotopic (exact) mass is 303 g/mol. The molecule has 0 bridgehead atoms. The Bertz CT molecular complexity index is 553. The van der Waals surface area contributed by atoms with Crippen LogP contribution in [0.2, 0.25) is 0 Å². The van der Waals surface area contributed by atoms with Gasteiger partial charge < -0.3 is 15.2 Å². The molecular formula is C17H21NO4. The van der Waals surface area contributed by atoms with Crippen LogP contribution in [0.15, 0.2) is 30.3 Å². The average molecular weight is 303 g/mol.